The summed E-state index contributed by atoms with van der Waals surface area (Å²) in [4.78, 5) is 0. The lowest BCUT2D eigenvalue weighted by Gasteiger charge is -1.96. The monoisotopic (exact) mass is 202 g/mol. The predicted molar refractivity (Wildman–Crippen MR) is 45.9 cm³/mol. The molecule has 0 amide bonds. The van der Waals surface area contributed by atoms with Gasteiger partial charge in [-0.15, -0.1) is 0 Å². The molecule has 0 saturated heterocycles. The Bertz CT molecular complexity index is 476. The van der Waals surface area contributed by atoms with Crippen LogP contribution < -0.4 is 0 Å². The van der Waals surface area contributed by atoms with Crippen molar-refractivity contribution in [3.63, 3.8) is 0 Å². The average Bonchev–Trinajstić information content (AvgIpc) is 2.45. The third-order valence-corrected chi connectivity index (χ3v) is 2.17. The van der Waals surface area contributed by atoms with Crippen LogP contribution in [0.4, 0.5) is 8.78 Å². The molecule has 1 aromatic carbocycles. The van der Waals surface area contributed by atoms with Crippen molar-refractivity contribution < 1.29 is 13.2 Å². The molecule has 0 radical (unpaired) electrons. The molecule has 1 heterocycles. The second-order valence-corrected chi connectivity index (χ2v) is 3.19. The normalized spacial score (nSPS) is 11.1. The van der Waals surface area contributed by atoms with E-state index in [1.165, 1.54) is 12.3 Å². The number of rotatable bonds is 0. The van der Waals surface area contributed by atoms with Gasteiger partial charge in [0, 0.05) is 5.39 Å². The molecule has 0 bridgehead atoms. The van der Waals surface area contributed by atoms with Crippen molar-refractivity contribution >= 4 is 22.6 Å². The molecule has 0 aliphatic rings. The van der Waals surface area contributed by atoms with Gasteiger partial charge in [-0.3, -0.25) is 0 Å². The van der Waals surface area contributed by atoms with Gasteiger partial charge >= 0.3 is 0 Å². The summed E-state index contributed by atoms with van der Waals surface area (Å²) in [6.45, 7) is 1.74. The highest BCUT2D eigenvalue weighted by atomic mass is 35.5. The van der Waals surface area contributed by atoms with Crippen molar-refractivity contribution in [2.45, 2.75) is 6.92 Å². The molecule has 13 heavy (non-hydrogen) atoms. The summed E-state index contributed by atoms with van der Waals surface area (Å²) < 4.78 is 30.9. The molecule has 0 N–H and O–H groups in total. The lowest BCUT2D eigenvalue weighted by Crippen LogP contribution is -1.85. The Morgan fingerprint density at radius 1 is 1.31 bits per heavy atom. The first-order chi connectivity index (χ1) is 6.11. The number of furan rings is 1. The van der Waals surface area contributed by atoms with E-state index in [1.54, 1.807) is 6.92 Å². The fraction of sp³-hybridized carbons (Fsp3) is 0.111. The average molecular weight is 203 g/mol. The second-order valence-electron chi connectivity index (χ2n) is 2.78. The van der Waals surface area contributed by atoms with E-state index in [9.17, 15) is 8.78 Å². The van der Waals surface area contributed by atoms with E-state index < -0.39 is 11.6 Å². The summed E-state index contributed by atoms with van der Waals surface area (Å²) in [5.74, 6) is -2.10. The molecule has 0 saturated carbocycles. The van der Waals surface area contributed by atoms with Crippen LogP contribution in [0, 0.1) is 18.6 Å². The number of fused-ring (bicyclic) bond motifs is 1. The van der Waals surface area contributed by atoms with E-state index in [0.29, 0.717) is 5.39 Å². The smallest absolute Gasteiger partial charge is 0.203 e. The van der Waals surface area contributed by atoms with Crippen molar-refractivity contribution in [2.24, 2.45) is 0 Å². The molecule has 2 aromatic rings. The van der Waals surface area contributed by atoms with E-state index >= 15 is 0 Å². The van der Waals surface area contributed by atoms with Crippen molar-refractivity contribution in [3.05, 3.63) is 34.6 Å². The van der Waals surface area contributed by atoms with Gasteiger partial charge in [0.05, 0.1) is 11.3 Å². The molecular formula is C9H5ClF2O. The zero-order valence-corrected chi connectivity index (χ0v) is 7.45. The van der Waals surface area contributed by atoms with Crippen LogP contribution in [0.15, 0.2) is 16.7 Å². The first-order valence-electron chi connectivity index (χ1n) is 3.62. The minimum Gasteiger partial charge on any atom is -0.461 e. The molecule has 0 spiro atoms. The lowest BCUT2D eigenvalue weighted by atomic mass is 10.2. The maximum absolute atomic E-state index is 13.1. The van der Waals surface area contributed by atoms with Crippen LogP contribution in [0.1, 0.15) is 5.56 Å². The summed E-state index contributed by atoms with van der Waals surface area (Å²) >= 11 is 5.47. The minimum absolute atomic E-state index is 0.0839. The Morgan fingerprint density at radius 2 is 2.00 bits per heavy atom. The fourth-order valence-corrected chi connectivity index (χ4v) is 1.39. The highest BCUT2D eigenvalue weighted by molar-refractivity contribution is 6.31. The Morgan fingerprint density at radius 3 is 2.69 bits per heavy atom. The van der Waals surface area contributed by atoms with E-state index in [-0.39, 0.29) is 10.6 Å². The lowest BCUT2D eigenvalue weighted by molar-refractivity contribution is 0.492. The fourth-order valence-electron chi connectivity index (χ4n) is 1.20. The Kier molecular flexibility index (Phi) is 1.77. The van der Waals surface area contributed by atoms with Gasteiger partial charge in [-0.1, -0.05) is 11.6 Å². The molecule has 1 nitrogen and oxygen atoms in total. The summed E-state index contributed by atoms with van der Waals surface area (Å²) in [6.07, 6.45) is 1.36. The Balaban J connectivity index is 2.96. The molecular weight excluding hydrogens is 198 g/mol. The summed E-state index contributed by atoms with van der Waals surface area (Å²) in [5, 5.41) is 0.276. The third kappa shape index (κ3) is 1.11. The van der Waals surface area contributed by atoms with Crippen LogP contribution >= 0.6 is 11.6 Å². The zero-order chi connectivity index (χ0) is 9.59. The van der Waals surface area contributed by atoms with Gasteiger partial charge in [-0.05, 0) is 18.6 Å². The van der Waals surface area contributed by atoms with Gasteiger partial charge in [0.25, 0.3) is 0 Å². The van der Waals surface area contributed by atoms with E-state index in [1.807, 2.05) is 0 Å². The molecule has 0 aliphatic carbocycles. The Labute approximate surface area is 77.9 Å². The van der Waals surface area contributed by atoms with Gasteiger partial charge in [-0.25, -0.2) is 4.39 Å². The highest BCUT2D eigenvalue weighted by Crippen LogP contribution is 2.29. The molecule has 68 valence electrons. The molecule has 4 heteroatoms. The van der Waals surface area contributed by atoms with E-state index in [2.05, 4.69) is 0 Å². The van der Waals surface area contributed by atoms with Crippen molar-refractivity contribution in [1.82, 2.24) is 0 Å². The van der Waals surface area contributed by atoms with Crippen molar-refractivity contribution in [2.75, 3.05) is 0 Å². The Hall–Kier alpha value is -1.09. The minimum atomic E-state index is -1.07. The molecule has 0 fully saturated rings. The van der Waals surface area contributed by atoms with Crippen LogP contribution in [0.5, 0.6) is 0 Å². The third-order valence-electron chi connectivity index (χ3n) is 1.90. The van der Waals surface area contributed by atoms with Crippen LogP contribution in [0.25, 0.3) is 11.0 Å². The van der Waals surface area contributed by atoms with Crippen LogP contribution in [-0.4, -0.2) is 0 Å². The van der Waals surface area contributed by atoms with Crippen molar-refractivity contribution in [1.29, 1.82) is 0 Å². The number of benzene rings is 1. The van der Waals surface area contributed by atoms with Crippen LogP contribution in [-0.2, 0) is 0 Å². The molecule has 0 aliphatic heterocycles. The van der Waals surface area contributed by atoms with Crippen LogP contribution in [0.3, 0.4) is 0 Å². The van der Waals surface area contributed by atoms with E-state index in [0.717, 1.165) is 5.56 Å². The maximum Gasteiger partial charge on any atom is 0.203 e. The SMILES string of the molecule is Cc1coc2c(F)c(F)c(Cl)cc12. The molecule has 2 rings (SSSR count). The maximum atomic E-state index is 13.1. The highest BCUT2D eigenvalue weighted by Gasteiger charge is 2.15. The quantitative estimate of drug-likeness (QED) is 0.594. The van der Waals surface area contributed by atoms with Crippen LogP contribution in [0.2, 0.25) is 5.02 Å². The molecule has 0 unspecified atom stereocenters. The predicted octanol–water partition coefficient (Wildman–Crippen LogP) is 3.67. The topological polar surface area (TPSA) is 13.1 Å². The molecule has 1 aromatic heterocycles. The number of aryl methyl sites for hydroxylation is 1. The van der Waals surface area contributed by atoms with Gasteiger partial charge in [0.1, 0.15) is 0 Å². The number of hydrogen-bond donors (Lipinski definition) is 0. The van der Waals surface area contributed by atoms with Crippen molar-refractivity contribution in [3.8, 4) is 0 Å². The summed E-state index contributed by atoms with van der Waals surface area (Å²) in [6, 6.07) is 1.36. The second kappa shape index (κ2) is 2.70. The van der Waals surface area contributed by atoms with Gasteiger partial charge in [-0.2, -0.15) is 4.39 Å². The summed E-state index contributed by atoms with van der Waals surface area (Å²) in [7, 11) is 0. The number of hydrogen-bond acceptors (Lipinski definition) is 1. The first-order valence-corrected chi connectivity index (χ1v) is 4.00. The summed E-state index contributed by atoms with van der Waals surface area (Å²) in [5.41, 5.74) is 0.648. The zero-order valence-electron chi connectivity index (χ0n) is 6.70. The first kappa shape index (κ1) is 8.51. The standard InChI is InChI=1S/C9H5ClF2O/c1-4-3-13-9-5(4)2-6(10)7(11)8(9)12/h2-3H,1H3. The van der Waals surface area contributed by atoms with Gasteiger partial charge in [0.15, 0.2) is 11.4 Å². The van der Waals surface area contributed by atoms with Gasteiger partial charge < -0.3 is 4.42 Å². The largest absolute Gasteiger partial charge is 0.461 e. The number of halogens is 3. The van der Waals surface area contributed by atoms with Gasteiger partial charge in [0.2, 0.25) is 5.82 Å². The van der Waals surface area contributed by atoms with E-state index in [4.69, 9.17) is 16.0 Å². The molecule has 0 atom stereocenters.